The molecule has 1 heterocycles. The fraction of sp³-hybridized carbons (Fsp3) is 0.500. The van der Waals surface area contributed by atoms with Gasteiger partial charge in [0.1, 0.15) is 17.7 Å². The molecule has 2 nitrogen and oxygen atoms in total. The van der Waals surface area contributed by atoms with Gasteiger partial charge in [-0.25, -0.2) is 4.39 Å². The molecule has 0 amide bonds. The van der Waals surface area contributed by atoms with Crippen molar-refractivity contribution in [3.8, 4) is 5.75 Å². The number of benzene rings is 1. The van der Waals surface area contributed by atoms with E-state index in [0.29, 0.717) is 23.7 Å². The standard InChI is InChI=1S/C14H17FO2/c1-3-9(4-2)14-8-12(16)11-7-10(15)5-6-13(11)17-14/h5-7,9,14H,3-4,8H2,1-2H3. The molecule has 1 aromatic carbocycles. The number of ether oxygens (including phenoxy) is 1. The van der Waals surface area contributed by atoms with Gasteiger partial charge >= 0.3 is 0 Å². The maximum atomic E-state index is 13.0. The average Bonchev–Trinajstić information content (AvgIpc) is 2.32. The van der Waals surface area contributed by atoms with Gasteiger partial charge in [0, 0.05) is 6.42 Å². The van der Waals surface area contributed by atoms with Crippen LogP contribution in [-0.4, -0.2) is 11.9 Å². The minimum absolute atomic E-state index is 0.0114. The van der Waals surface area contributed by atoms with Crippen LogP contribution < -0.4 is 4.74 Å². The number of fused-ring (bicyclic) bond motifs is 1. The predicted octanol–water partition coefficient (Wildman–Crippen LogP) is 3.60. The van der Waals surface area contributed by atoms with E-state index in [1.165, 1.54) is 12.1 Å². The molecule has 1 aliphatic heterocycles. The molecule has 1 unspecified atom stereocenters. The highest BCUT2D eigenvalue weighted by Gasteiger charge is 2.30. The third kappa shape index (κ3) is 2.33. The van der Waals surface area contributed by atoms with Crippen molar-refractivity contribution >= 4 is 5.78 Å². The maximum absolute atomic E-state index is 13.0. The lowest BCUT2D eigenvalue weighted by atomic mass is 9.89. The molecule has 92 valence electrons. The van der Waals surface area contributed by atoms with Crippen LogP contribution in [0.2, 0.25) is 0 Å². The van der Waals surface area contributed by atoms with Gasteiger partial charge in [0.25, 0.3) is 0 Å². The van der Waals surface area contributed by atoms with Crippen LogP contribution in [0, 0.1) is 11.7 Å². The van der Waals surface area contributed by atoms with Gasteiger partial charge in [-0.2, -0.15) is 0 Å². The fourth-order valence-electron chi connectivity index (χ4n) is 2.40. The normalized spacial score (nSPS) is 19.1. The third-order valence-electron chi connectivity index (χ3n) is 3.48. The first-order valence-electron chi connectivity index (χ1n) is 6.15. The SMILES string of the molecule is CCC(CC)C1CC(=O)c2cc(F)ccc2O1. The lowest BCUT2D eigenvalue weighted by Gasteiger charge is -2.30. The summed E-state index contributed by atoms with van der Waals surface area (Å²) in [5, 5.41) is 0. The minimum Gasteiger partial charge on any atom is -0.489 e. The van der Waals surface area contributed by atoms with Crippen molar-refractivity contribution in [2.45, 2.75) is 39.2 Å². The van der Waals surface area contributed by atoms with Crippen LogP contribution in [0.1, 0.15) is 43.5 Å². The van der Waals surface area contributed by atoms with E-state index in [0.717, 1.165) is 12.8 Å². The van der Waals surface area contributed by atoms with E-state index in [4.69, 9.17) is 4.74 Å². The molecule has 1 atom stereocenters. The molecule has 0 saturated heterocycles. The van der Waals surface area contributed by atoms with Crippen molar-refractivity contribution in [1.29, 1.82) is 0 Å². The Balaban J connectivity index is 2.27. The average molecular weight is 236 g/mol. The van der Waals surface area contributed by atoms with Crippen LogP contribution in [0.5, 0.6) is 5.75 Å². The summed E-state index contributed by atoms with van der Waals surface area (Å²) in [7, 11) is 0. The molecule has 0 N–H and O–H groups in total. The Bertz CT molecular complexity index is 424. The van der Waals surface area contributed by atoms with Crippen molar-refractivity contribution in [3.63, 3.8) is 0 Å². The van der Waals surface area contributed by atoms with Gasteiger partial charge in [-0.05, 0) is 37.0 Å². The van der Waals surface area contributed by atoms with Gasteiger partial charge in [0.2, 0.25) is 0 Å². The molecule has 0 saturated carbocycles. The van der Waals surface area contributed by atoms with Gasteiger partial charge in [0.15, 0.2) is 5.78 Å². The van der Waals surface area contributed by atoms with E-state index in [9.17, 15) is 9.18 Å². The zero-order valence-electron chi connectivity index (χ0n) is 10.2. The maximum Gasteiger partial charge on any atom is 0.170 e. The van der Waals surface area contributed by atoms with E-state index in [1.807, 2.05) is 0 Å². The highest BCUT2D eigenvalue weighted by Crippen LogP contribution is 2.32. The van der Waals surface area contributed by atoms with Crippen LogP contribution in [-0.2, 0) is 0 Å². The fourth-order valence-corrected chi connectivity index (χ4v) is 2.40. The molecule has 0 aromatic heterocycles. The summed E-state index contributed by atoms with van der Waals surface area (Å²) in [5.41, 5.74) is 0.382. The second kappa shape index (κ2) is 4.86. The van der Waals surface area contributed by atoms with Gasteiger partial charge in [-0.3, -0.25) is 4.79 Å². The number of carbonyl (C=O) groups is 1. The first-order chi connectivity index (χ1) is 8.15. The topological polar surface area (TPSA) is 26.3 Å². The zero-order chi connectivity index (χ0) is 12.4. The smallest absolute Gasteiger partial charge is 0.170 e. The quantitative estimate of drug-likeness (QED) is 0.801. The van der Waals surface area contributed by atoms with Crippen LogP contribution in [0.3, 0.4) is 0 Å². The monoisotopic (exact) mass is 236 g/mol. The Morgan fingerprint density at radius 2 is 2.12 bits per heavy atom. The number of ketones is 1. The van der Waals surface area contributed by atoms with Crippen molar-refractivity contribution in [3.05, 3.63) is 29.6 Å². The van der Waals surface area contributed by atoms with Gasteiger partial charge in [0.05, 0.1) is 5.56 Å². The number of hydrogen-bond donors (Lipinski definition) is 0. The van der Waals surface area contributed by atoms with Crippen LogP contribution in [0.4, 0.5) is 4.39 Å². The Morgan fingerprint density at radius 1 is 1.41 bits per heavy atom. The Morgan fingerprint density at radius 3 is 2.76 bits per heavy atom. The summed E-state index contributed by atoms with van der Waals surface area (Å²) in [4.78, 5) is 11.9. The van der Waals surface area contributed by atoms with Gasteiger partial charge in [-0.15, -0.1) is 0 Å². The first-order valence-corrected chi connectivity index (χ1v) is 6.15. The summed E-state index contributed by atoms with van der Waals surface area (Å²) in [6.07, 6.45) is 2.29. The summed E-state index contributed by atoms with van der Waals surface area (Å²) in [6.45, 7) is 4.20. The van der Waals surface area contributed by atoms with E-state index in [-0.39, 0.29) is 17.7 Å². The molecule has 0 fully saturated rings. The lowest BCUT2D eigenvalue weighted by Crippen LogP contribution is -2.33. The number of halogens is 1. The van der Waals surface area contributed by atoms with E-state index in [2.05, 4.69) is 13.8 Å². The first kappa shape index (κ1) is 12.1. The van der Waals surface area contributed by atoms with Gasteiger partial charge in [-0.1, -0.05) is 13.8 Å². The minimum atomic E-state index is -0.387. The molecular formula is C14H17FO2. The molecule has 17 heavy (non-hydrogen) atoms. The molecule has 0 aliphatic carbocycles. The Kier molecular flexibility index (Phi) is 3.46. The van der Waals surface area contributed by atoms with E-state index < -0.39 is 0 Å². The largest absolute Gasteiger partial charge is 0.489 e. The van der Waals surface area contributed by atoms with E-state index >= 15 is 0 Å². The molecule has 1 aliphatic rings. The zero-order valence-corrected chi connectivity index (χ0v) is 10.2. The molecule has 2 rings (SSSR count). The molecule has 0 radical (unpaired) electrons. The highest BCUT2D eigenvalue weighted by atomic mass is 19.1. The number of rotatable bonds is 3. The number of Topliss-reactive ketones (excluding diaryl/α,β-unsaturated/α-hetero) is 1. The number of hydrogen-bond acceptors (Lipinski definition) is 2. The number of carbonyl (C=O) groups excluding carboxylic acids is 1. The van der Waals surface area contributed by atoms with E-state index in [1.54, 1.807) is 6.07 Å². The molecule has 3 heteroatoms. The summed E-state index contributed by atoms with van der Waals surface area (Å²) in [6, 6.07) is 4.15. The van der Waals surface area contributed by atoms with Crippen LogP contribution in [0.25, 0.3) is 0 Å². The molecule has 0 bridgehead atoms. The Hall–Kier alpha value is -1.38. The second-order valence-corrected chi connectivity index (χ2v) is 4.50. The highest BCUT2D eigenvalue weighted by molar-refractivity contribution is 5.99. The predicted molar refractivity (Wildman–Crippen MR) is 63.8 cm³/mol. The Labute approximate surface area is 101 Å². The second-order valence-electron chi connectivity index (χ2n) is 4.50. The van der Waals surface area contributed by atoms with Crippen molar-refractivity contribution in [2.75, 3.05) is 0 Å². The van der Waals surface area contributed by atoms with Crippen molar-refractivity contribution in [1.82, 2.24) is 0 Å². The van der Waals surface area contributed by atoms with Crippen LogP contribution in [0.15, 0.2) is 18.2 Å². The molecular weight excluding hydrogens is 219 g/mol. The molecule has 0 spiro atoms. The summed E-state index contributed by atoms with van der Waals surface area (Å²) in [5.74, 6) is 0.515. The van der Waals surface area contributed by atoms with Crippen molar-refractivity contribution < 1.29 is 13.9 Å². The van der Waals surface area contributed by atoms with Crippen LogP contribution >= 0.6 is 0 Å². The summed E-state index contributed by atoms with van der Waals surface area (Å²) >= 11 is 0. The van der Waals surface area contributed by atoms with Crippen molar-refractivity contribution in [2.24, 2.45) is 5.92 Å². The third-order valence-corrected chi connectivity index (χ3v) is 3.48. The lowest BCUT2D eigenvalue weighted by molar-refractivity contribution is 0.0714. The van der Waals surface area contributed by atoms with Gasteiger partial charge < -0.3 is 4.74 Å². The molecule has 1 aromatic rings. The summed E-state index contributed by atoms with van der Waals surface area (Å²) < 4.78 is 18.9.